The summed E-state index contributed by atoms with van der Waals surface area (Å²) in [7, 11) is 0. The molecule has 17 rings (SSSR count). The fraction of sp³-hybridized carbons (Fsp3) is 0.157. The molecule has 0 radical (unpaired) electrons. The molecular weight excluding hydrogens is 1980 g/mol. The molecule has 0 aliphatic rings. The molecule has 0 spiro atoms. The fourth-order valence-electron chi connectivity index (χ4n) is 14.4. The van der Waals surface area contributed by atoms with E-state index in [2.05, 4.69) is 215 Å². The number of pyridine rings is 11. The normalized spacial score (nSPS) is 10.7. The van der Waals surface area contributed by atoms with Gasteiger partial charge < -0.3 is 41.6 Å². The van der Waals surface area contributed by atoms with E-state index in [0.717, 1.165) is 142 Å². The number of H-pyrrole nitrogens is 1. The third-order valence-electron chi connectivity index (χ3n) is 21.4. The average molecular weight is 2080 g/mol. The van der Waals surface area contributed by atoms with Crippen LogP contribution < -0.4 is 39.9 Å². The second-order valence-corrected chi connectivity index (χ2v) is 47.2. The second-order valence-electron chi connectivity index (χ2n) is 30.9. The summed E-state index contributed by atoms with van der Waals surface area (Å²) in [6, 6.07) is 75.1. The average Bonchev–Trinajstić information content (AvgIpc) is 0.767. The van der Waals surface area contributed by atoms with Crippen LogP contribution in [0.4, 0.5) is 0 Å². The molecule has 0 aliphatic carbocycles. The zero-order valence-electron chi connectivity index (χ0n) is 72.9. The van der Waals surface area contributed by atoms with Crippen molar-refractivity contribution in [1.29, 1.82) is 0 Å². The van der Waals surface area contributed by atoms with Crippen molar-refractivity contribution in [1.82, 2.24) is 49.8 Å². The Bertz CT molecular complexity index is 5990. The molecule has 0 atom stereocenters. The maximum atomic E-state index is 9.11. The van der Waals surface area contributed by atoms with Crippen LogP contribution in [-0.2, 0) is 32.3 Å². The van der Waals surface area contributed by atoms with Crippen molar-refractivity contribution in [3.63, 3.8) is 0 Å². The summed E-state index contributed by atoms with van der Waals surface area (Å²) >= 11 is 13.3. The Kier molecular flexibility index (Phi) is 38.6. The van der Waals surface area contributed by atoms with Crippen molar-refractivity contribution in [2.75, 3.05) is 0 Å². The number of alkyl halides is 1. The van der Waals surface area contributed by atoms with Crippen molar-refractivity contribution in [2.45, 2.75) is 105 Å². The van der Waals surface area contributed by atoms with E-state index in [1.165, 1.54) is 63.0 Å². The molecule has 11 heterocycles. The Morgan fingerprint density at radius 1 is 0.282 bits per heavy atom. The molecule has 0 saturated heterocycles. The standard InChI is InChI=1S/C44H32N6O2.C24H18Br2N2O2.C12H10O2.C10H7N2.C6H5BrClN.3C4H9.ClH.Sn/c1-3-35(21-45-13-1)39-17-41(27-49-25-39)37-15-31(19-47-23-37)29-51-43-9-5-33(6-10-43)34-7-11-44(12-8-34)52-30-32-16-38(24-48-20-32)42-18-40(26-50-28-42)36-4-2-14-46-22-36;25-21-9-17(11-27-13-21)15-29-23-5-1-19(2-6-23)20-3-7-24(8-4-20)30-16-18-10-22(26)14-28-12-18;13-11-5-1-9(2-6-11)10-3-7-12(14)8-4-10;1-3-9(7-11-5-1)10-4-2-6-12-8-10;7-6-1-5(2-8)3-9-4-6;3*1-3-4-2;;/h1-28H,29-30H2;1-14H,15-16H2;1-8,13-14H;1,3-8H;1,3-4H,2H2;3*1,3-4H2,2H3;1H;. The molecule has 131 heavy (non-hydrogen) atoms. The number of aromatic hydroxyl groups is 2. The van der Waals surface area contributed by atoms with Gasteiger partial charge in [-0.2, -0.15) is 0 Å². The minimum Gasteiger partial charge on any atom is -1.00 e. The number of nitrogens with zero attached hydrogens (tertiary/aromatic N) is 10. The summed E-state index contributed by atoms with van der Waals surface area (Å²) < 4.78 is 33.0. The van der Waals surface area contributed by atoms with Crippen LogP contribution in [-0.4, -0.2) is 78.4 Å². The summed E-state index contributed by atoms with van der Waals surface area (Å²) in [4.78, 5) is 46.5. The Morgan fingerprint density at radius 2 is 0.557 bits per heavy atom. The van der Waals surface area contributed by atoms with Gasteiger partial charge in [0.1, 0.15) is 60.9 Å². The van der Waals surface area contributed by atoms with Gasteiger partial charge in [-0.05, 0) is 209 Å². The molecule has 662 valence electrons. The molecule has 0 unspecified atom stereocenters. The second kappa shape index (κ2) is 51.8. The van der Waals surface area contributed by atoms with Gasteiger partial charge in [0.05, 0.1) is 10.4 Å². The Labute approximate surface area is 807 Å². The largest absolute Gasteiger partial charge is 1.00 e. The maximum Gasteiger partial charge on any atom is 0.181 e. The Hall–Kier alpha value is -12.4. The maximum absolute atomic E-state index is 9.11. The molecule has 0 fully saturated rings. The summed E-state index contributed by atoms with van der Waals surface area (Å²) in [5, 5.41) is 18.2. The van der Waals surface area contributed by atoms with Gasteiger partial charge in [-0.15, -0.1) is 11.6 Å². The van der Waals surface area contributed by atoms with Crippen LogP contribution in [0, 0.1) is 0 Å². The van der Waals surface area contributed by atoms with Crippen LogP contribution in [0.2, 0.25) is 13.3 Å². The first-order valence-corrected chi connectivity index (χ1v) is 53.5. The van der Waals surface area contributed by atoms with Gasteiger partial charge in [0.15, 0.2) is 12.4 Å². The zero-order chi connectivity index (χ0) is 90.3. The van der Waals surface area contributed by atoms with Gasteiger partial charge in [-0.25, -0.2) is 4.98 Å². The van der Waals surface area contributed by atoms with Crippen LogP contribution in [0.1, 0.15) is 87.1 Å². The van der Waals surface area contributed by atoms with Crippen molar-refractivity contribution >= 4 is 81.3 Å². The van der Waals surface area contributed by atoms with Crippen molar-refractivity contribution in [3.05, 3.63) is 408 Å². The van der Waals surface area contributed by atoms with E-state index in [4.69, 9.17) is 40.8 Å². The van der Waals surface area contributed by atoms with Crippen molar-refractivity contribution in [3.8, 4) is 124 Å². The van der Waals surface area contributed by atoms with Crippen molar-refractivity contribution in [2.24, 2.45) is 0 Å². The number of aromatic nitrogens is 11. The molecule has 17 nitrogen and oxygen atoms in total. The zero-order valence-corrected chi connectivity index (χ0v) is 82.1. The van der Waals surface area contributed by atoms with E-state index in [1.807, 2.05) is 214 Å². The van der Waals surface area contributed by atoms with E-state index < -0.39 is 18.4 Å². The number of aromatic amines is 1. The van der Waals surface area contributed by atoms with Gasteiger partial charge in [-0.3, -0.25) is 39.9 Å². The Morgan fingerprint density at radius 3 is 0.855 bits per heavy atom. The molecule has 0 amide bonds. The van der Waals surface area contributed by atoms with Gasteiger partial charge >= 0.3 is 159 Å². The topological polar surface area (TPSA) is 220 Å². The number of unbranched alkanes of at least 4 members (excludes halogenated alkanes) is 3. The van der Waals surface area contributed by atoms with E-state index in [0.29, 0.717) is 32.3 Å². The SMILES string of the molecule is Brc1cncc(COc2ccc(-c3ccc(OCc4cncc(Br)c4)cc3)cc2)c1.CCC[CH2][Sn]([CH2]CCC)([CH2]CCC)[c]1cncc(-c2cccnc2)c1.ClCc1c[nH+]cc(Br)c1.Oc1ccc(-c2ccc(O)cc2)cc1.[Cl-].c1cncc(-c2cncc(-c3cncc(COc4ccc(-c5ccc(OCc6cncc(-c7cncc(-c8cccnc8)c7)c6)cc5)cc4)c3)c2)c1. The van der Waals surface area contributed by atoms with Crippen LogP contribution in [0.25, 0.3) is 89.0 Å². The first-order valence-electron chi connectivity index (χ1n) is 43.1. The van der Waals surface area contributed by atoms with Crippen LogP contribution in [0.5, 0.6) is 34.5 Å². The smallest absolute Gasteiger partial charge is 0.181 e. The Balaban J connectivity index is 0.000000166. The van der Waals surface area contributed by atoms with Gasteiger partial charge in [0.2, 0.25) is 0 Å². The van der Waals surface area contributed by atoms with Crippen LogP contribution in [0.3, 0.4) is 0 Å². The third-order valence-corrected chi connectivity index (χ3v) is 38.5. The predicted octanol–water partition coefficient (Wildman–Crippen LogP) is 24.3. The minimum atomic E-state index is -2.39. The predicted molar refractivity (Wildman–Crippen MR) is 534 cm³/mol. The number of ether oxygens (including phenoxy) is 4. The number of phenolic OH excluding ortho intramolecular Hbond substituents is 2. The summed E-state index contributed by atoms with van der Waals surface area (Å²) in [6.45, 7) is 8.75. The fourth-order valence-corrected chi connectivity index (χ4v) is 31.5. The molecule has 6 aromatic carbocycles. The monoisotopic (exact) mass is 2070 g/mol. The molecule has 11 aromatic heterocycles. The number of rotatable bonds is 31. The minimum absolute atomic E-state index is 0. The first kappa shape index (κ1) is 97.6. The molecule has 23 heteroatoms. The first-order chi connectivity index (χ1) is 63.7. The van der Waals surface area contributed by atoms with Crippen LogP contribution >= 0.6 is 59.4 Å². The third kappa shape index (κ3) is 30.6. The molecule has 0 saturated carbocycles. The van der Waals surface area contributed by atoms with E-state index >= 15 is 0 Å². The number of hydrogen-bond acceptors (Lipinski definition) is 16. The summed E-state index contributed by atoms with van der Waals surface area (Å²) in [5.41, 5.74) is 21.9. The van der Waals surface area contributed by atoms with E-state index in [-0.39, 0.29) is 23.9 Å². The summed E-state index contributed by atoms with van der Waals surface area (Å²) in [6.07, 6.45) is 48.9. The summed E-state index contributed by atoms with van der Waals surface area (Å²) in [5.74, 6) is 4.27. The van der Waals surface area contributed by atoms with E-state index in [9.17, 15) is 0 Å². The number of hydrogen-bond donors (Lipinski definition) is 2. The molecule has 3 N–H and O–H groups in total. The van der Waals surface area contributed by atoms with Crippen LogP contribution in [0.15, 0.2) is 380 Å². The number of phenols is 2. The van der Waals surface area contributed by atoms with Gasteiger partial charge in [0.25, 0.3) is 0 Å². The van der Waals surface area contributed by atoms with Crippen molar-refractivity contribution < 1.29 is 46.6 Å². The molecule has 0 bridgehead atoms. The number of benzene rings is 6. The van der Waals surface area contributed by atoms with E-state index in [1.54, 1.807) is 65.0 Å². The number of nitrogens with one attached hydrogen (secondary N) is 1. The molecular formula is C108H100Br3Cl2N11O6Sn. The molecule has 17 aromatic rings. The molecule has 0 aliphatic heterocycles. The quantitative estimate of drug-likeness (QED) is 0.0305. The van der Waals surface area contributed by atoms with Gasteiger partial charge in [0, 0.05) is 180 Å². The van der Waals surface area contributed by atoms with Gasteiger partial charge in [-0.1, -0.05) is 84.9 Å². The number of halogens is 5.